The average molecular weight is 296 g/mol. The number of aromatic nitrogens is 1. The molecule has 1 N–H and O–H groups in total. The largest absolute Gasteiger partial charge is 0.370 e. The normalized spacial score (nSPS) is 15.9. The van der Waals surface area contributed by atoms with Crippen molar-refractivity contribution in [3.63, 3.8) is 0 Å². The Morgan fingerprint density at radius 2 is 2.15 bits per heavy atom. The summed E-state index contributed by atoms with van der Waals surface area (Å²) in [6.07, 6.45) is 7.40. The van der Waals surface area contributed by atoms with Crippen molar-refractivity contribution >= 4 is 23.3 Å². The molecular weight excluding hydrogens is 274 g/mol. The second-order valence-electron chi connectivity index (χ2n) is 5.29. The maximum Gasteiger partial charge on any atom is 0.255 e. The molecule has 4 nitrogen and oxygen atoms in total. The third-order valence-corrected chi connectivity index (χ3v) is 4.19. The highest BCUT2D eigenvalue weighted by atomic mass is 35.5. The zero-order chi connectivity index (χ0) is 14.5. The van der Waals surface area contributed by atoms with Gasteiger partial charge in [0.25, 0.3) is 5.91 Å². The summed E-state index contributed by atoms with van der Waals surface area (Å²) in [7, 11) is 1.88. The fourth-order valence-electron chi connectivity index (χ4n) is 2.70. The van der Waals surface area contributed by atoms with Gasteiger partial charge in [0.05, 0.1) is 10.6 Å². The van der Waals surface area contributed by atoms with E-state index in [9.17, 15) is 4.79 Å². The molecule has 0 saturated heterocycles. The van der Waals surface area contributed by atoms with Crippen molar-refractivity contribution in [3.8, 4) is 0 Å². The second-order valence-corrected chi connectivity index (χ2v) is 5.69. The van der Waals surface area contributed by atoms with Crippen molar-refractivity contribution in [2.75, 3.05) is 18.9 Å². The van der Waals surface area contributed by atoms with Gasteiger partial charge in [-0.15, -0.1) is 0 Å². The minimum atomic E-state index is -0.0107. The Kier molecular flexibility index (Phi) is 5.24. The fourth-order valence-corrected chi connectivity index (χ4v) is 2.89. The van der Waals surface area contributed by atoms with E-state index >= 15 is 0 Å². The minimum Gasteiger partial charge on any atom is -0.370 e. The first-order chi connectivity index (χ1) is 9.63. The Bertz CT molecular complexity index is 472. The molecule has 1 aliphatic carbocycles. The van der Waals surface area contributed by atoms with Gasteiger partial charge in [-0.25, -0.2) is 4.98 Å². The number of carbonyl (C=O) groups excluding carboxylic acids is 1. The fraction of sp³-hybridized carbons (Fsp3) is 0.600. The van der Waals surface area contributed by atoms with Crippen LogP contribution in [0.3, 0.4) is 0 Å². The Morgan fingerprint density at radius 3 is 2.80 bits per heavy atom. The Morgan fingerprint density at radius 1 is 1.45 bits per heavy atom. The first-order valence-electron chi connectivity index (χ1n) is 7.30. The van der Waals surface area contributed by atoms with Gasteiger partial charge in [0.2, 0.25) is 0 Å². The van der Waals surface area contributed by atoms with E-state index in [0.29, 0.717) is 22.4 Å². The van der Waals surface area contributed by atoms with Crippen molar-refractivity contribution in [3.05, 3.63) is 22.8 Å². The van der Waals surface area contributed by atoms with Gasteiger partial charge in [-0.3, -0.25) is 4.79 Å². The van der Waals surface area contributed by atoms with Gasteiger partial charge in [-0.05, 0) is 25.8 Å². The highest BCUT2D eigenvalue weighted by Crippen LogP contribution is 2.25. The standard InChI is InChI=1S/C15H22ClN3O/c1-3-17-14-9-12(13(16)10-18-14)15(20)19(2)11-7-5-4-6-8-11/h9-11H,3-8H2,1-2H3,(H,17,18). The molecule has 0 atom stereocenters. The van der Waals surface area contributed by atoms with E-state index in [1.807, 2.05) is 18.9 Å². The summed E-state index contributed by atoms with van der Waals surface area (Å²) in [6, 6.07) is 2.08. The topological polar surface area (TPSA) is 45.2 Å². The van der Waals surface area contributed by atoms with Crippen molar-refractivity contribution in [2.45, 2.75) is 45.1 Å². The van der Waals surface area contributed by atoms with Crippen molar-refractivity contribution in [1.29, 1.82) is 0 Å². The quantitative estimate of drug-likeness (QED) is 0.923. The van der Waals surface area contributed by atoms with Crippen LogP contribution >= 0.6 is 11.6 Å². The molecule has 1 saturated carbocycles. The molecule has 1 fully saturated rings. The number of halogens is 1. The Hall–Kier alpha value is -1.29. The third-order valence-electron chi connectivity index (χ3n) is 3.89. The number of pyridine rings is 1. The van der Waals surface area contributed by atoms with Gasteiger partial charge in [0.1, 0.15) is 5.82 Å². The van der Waals surface area contributed by atoms with Crippen LogP contribution in [-0.2, 0) is 0 Å². The SMILES string of the molecule is CCNc1cc(C(=O)N(C)C2CCCCC2)c(Cl)cn1. The zero-order valence-corrected chi connectivity index (χ0v) is 12.9. The molecule has 5 heteroatoms. The number of hydrogen-bond acceptors (Lipinski definition) is 3. The lowest BCUT2D eigenvalue weighted by Crippen LogP contribution is -2.38. The smallest absolute Gasteiger partial charge is 0.255 e. The summed E-state index contributed by atoms with van der Waals surface area (Å²) in [5.74, 6) is 0.681. The number of hydrogen-bond donors (Lipinski definition) is 1. The average Bonchev–Trinajstić information content (AvgIpc) is 2.49. The molecule has 20 heavy (non-hydrogen) atoms. The predicted molar refractivity (Wildman–Crippen MR) is 82.4 cm³/mol. The van der Waals surface area contributed by atoms with Gasteiger partial charge in [-0.2, -0.15) is 0 Å². The van der Waals surface area contributed by atoms with Gasteiger partial charge >= 0.3 is 0 Å². The van der Waals surface area contributed by atoms with E-state index in [-0.39, 0.29) is 5.91 Å². The van der Waals surface area contributed by atoms with Gasteiger partial charge in [0.15, 0.2) is 0 Å². The lowest BCUT2D eigenvalue weighted by molar-refractivity contribution is 0.0696. The van der Waals surface area contributed by atoms with E-state index < -0.39 is 0 Å². The van der Waals surface area contributed by atoms with Crippen LogP contribution in [0.4, 0.5) is 5.82 Å². The van der Waals surface area contributed by atoms with E-state index in [2.05, 4.69) is 10.3 Å². The molecule has 0 unspecified atom stereocenters. The number of amides is 1. The number of rotatable bonds is 4. The Labute approximate surface area is 125 Å². The van der Waals surface area contributed by atoms with Crippen LogP contribution in [0.2, 0.25) is 5.02 Å². The maximum absolute atomic E-state index is 12.6. The van der Waals surface area contributed by atoms with Crippen LogP contribution in [0.25, 0.3) is 0 Å². The van der Waals surface area contributed by atoms with Gasteiger partial charge in [-0.1, -0.05) is 30.9 Å². The third kappa shape index (κ3) is 3.42. The molecule has 0 bridgehead atoms. The van der Waals surface area contributed by atoms with Crippen LogP contribution in [0.15, 0.2) is 12.3 Å². The highest BCUT2D eigenvalue weighted by molar-refractivity contribution is 6.33. The van der Waals surface area contributed by atoms with Crippen molar-refractivity contribution in [1.82, 2.24) is 9.88 Å². The number of carbonyl (C=O) groups is 1. The molecule has 2 rings (SSSR count). The highest BCUT2D eigenvalue weighted by Gasteiger charge is 2.24. The molecule has 1 amide bonds. The number of anilines is 1. The lowest BCUT2D eigenvalue weighted by atomic mass is 9.94. The van der Waals surface area contributed by atoms with Crippen LogP contribution < -0.4 is 5.32 Å². The first kappa shape index (κ1) is 15.1. The van der Waals surface area contributed by atoms with E-state index in [1.54, 1.807) is 12.3 Å². The van der Waals surface area contributed by atoms with Crippen LogP contribution in [0, 0.1) is 0 Å². The molecule has 1 aromatic heterocycles. The van der Waals surface area contributed by atoms with Gasteiger partial charge in [0, 0.05) is 25.8 Å². The molecule has 1 aliphatic rings. The molecule has 0 radical (unpaired) electrons. The Balaban J connectivity index is 2.16. The molecule has 0 aromatic carbocycles. The summed E-state index contributed by atoms with van der Waals surface area (Å²) in [5.41, 5.74) is 0.533. The minimum absolute atomic E-state index is 0.0107. The summed E-state index contributed by atoms with van der Waals surface area (Å²) >= 11 is 6.14. The summed E-state index contributed by atoms with van der Waals surface area (Å²) in [5, 5.41) is 3.52. The monoisotopic (exact) mass is 295 g/mol. The molecule has 0 spiro atoms. The molecular formula is C15H22ClN3O. The summed E-state index contributed by atoms with van der Waals surface area (Å²) in [4.78, 5) is 18.6. The van der Waals surface area contributed by atoms with E-state index in [4.69, 9.17) is 11.6 Å². The van der Waals surface area contributed by atoms with E-state index in [1.165, 1.54) is 19.3 Å². The van der Waals surface area contributed by atoms with Crippen LogP contribution in [0.1, 0.15) is 49.4 Å². The number of nitrogens with zero attached hydrogens (tertiary/aromatic N) is 2. The molecule has 0 aliphatic heterocycles. The summed E-state index contributed by atoms with van der Waals surface area (Å²) < 4.78 is 0. The first-order valence-corrected chi connectivity index (χ1v) is 7.68. The maximum atomic E-state index is 12.6. The van der Waals surface area contributed by atoms with Crippen molar-refractivity contribution in [2.24, 2.45) is 0 Å². The second kappa shape index (κ2) is 6.93. The number of nitrogens with one attached hydrogen (secondary N) is 1. The molecule has 1 aromatic rings. The summed E-state index contributed by atoms with van der Waals surface area (Å²) in [6.45, 7) is 2.76. The van der Waals surface area contributed by atoms with E-state index in [0.717, 1.165) is 19.4 Å². The predicted octanol–water partition coefficient (Wildman–Crippen LogP) is 3.57. The molecule has 1 heterocycles. The zero-order valence-electron chi connectivity index (χ0n) is 12.2. The van der Waals surface area contributed by atoms with Gasteiger partial charge < -0.3 is 10.2 Å². The van der Waals surface area contributed by atoms with Crippen LogP contribution in [0.5, 0.6) is 0 Å². The van der Waals surface area contributed by atoms with Crippen LogP contribution in [-0.4, -0.2) is 35.4 Å². The molecule has 110 valence electrons. The lowest BCUT2D eigenvalue weighted by Gasteiger charge is -2.31. The van der Waals surface area contributed by atoms with Crippen molar-refractivity contribution < 1.29 is 4.79 Å².